The summed E-state index contributed by atoms with van der Waals surface area (Å²) in [6.45, 7) is 2.49. The van der Waals surface area contributed by atoms with Gasteiger partial charge < -0.3 is 20.1 Å². The Balaban J connectivity index is 1.67. The third kappa shape index (κ3) is 3.19. The highest BCUT2D eigenvalue weighted by Crippen LogP contribution is 2.29. The van der Waals surface area contributed by atoms with Gasteiger partial charge in [0, 0.05) is 23.7 Å². The van der Waals surface area contributed by atoms with Crippen molar-refractivity contribution >= 4 is 5.91 Å². The predicted molar refractivity (Wildman–Crippen MR) is 84.6 cm³/mol. The number of amides is 1. The largest absolute Gasteiger partial charge is 0.493 e. The van der Waals surface area contributed by atoms with E-state index in [0.29, 0.717) is 35.8 Å². The molecular weight excluding hydrogens is 280 g/mol. The average molecular weight is 304 g/mol. The molecule has 1 aromatic carbocycles. The number of carbonyl (C=O) groups is 1. The lowest BCUT2D eigenvalue weighted by atomic mass is 9.99. The van der Waals surface area contributed by atoms with Crippen LogP contribution >= 0.6 is 0 Å². The molecule has 22 heavy (non-hydrogen) atoms. The molecule has 1 aromatic rings. The van der Waals surface area contributed by atoms with Crippen LogP contribution in [0.5, 0.6) is 11.5 Å². The number of rotatable bonds is 5. The molecular formula is C17H24N2O3. The Morgan fingerprint density at radius 2 is 2.00 bits per heavy atom. The van der Waals surface area contributed by atoms with Crippen LogP contribution in [-0.2, 0) is 0 Å². The first-order valence-electron chi connectivity index (χ1n) is 8.07. The topological polar surface area (TPSA) is 59.6 Å². The number of benzene rings is 1. The maximum Gasteiger partial charge on any atom is 0.251 e. The van der Waals surface area contributed by atoms with Crippen LogP contribution in [0, 0.1) is 0 Å². The average Bonchev–Trinajstić information content (AvgIpc) is 2.86. The first-order valence-corrected chi connectivity index (χ1v) is 8.07. The maximum absolute atomic E-state index is 12.5. The van der Waals surface area contributed by atoms with Gasteiger partial charge in [0.2, 0.25) is 0 Å². The van der Waals surface area contributed by atoms with Gasteiger partial charge in [-0.15, -0.1) is 0 Å². The summed E-state index contributed by atoms with van der Waals surface area (Å²) in [7, 11) is 1.59. The first-order chi connectivity index (χ1) is 10.7. The molecule has 2 unspecified atom stereocenters. The summed E-state index contributed by atoms with van der Waals surface area (Å²) in [6.07, 6.45) is 4.51. The minimum Gasteiger partial charge on any atom is -0.493 e. The Morgan fingerprint density at radius 3 is 2.64 bits per heavy atom. The van der Waals surface area contributed by atoms with E-state index in [9.17, 15) is 4.79 Å². The summed E-state index contributed by atoms with van der Waals surface area (Å²) >= 11 is 0. The Morgan fingerprint density at radius 1 is 1.27 bits per heavy atom. The molecule has 120 valence electrons. The summed E-state index contributed by atoms with van der Waals surface area (Å²) in [5.41, 5.74) is 0.617. The molecule has 0 aromatic heterocycles. The van der Waals surface area contributed by atoms with Crippen molar-refractivity contribution in [1.82, 2.24) is 10.6 Å². The lowest BCUT2D eigenvalue weighted by Crippen LogP contribution is -2.48. The smallest absolute Gasteiger partial charge is 0.251 e. The Bertz CT molecular complexity index is 535. The number of methoxy groups -OCH3 is 1. The summed E-state index contributed by atoms with van der Waals surface area (Å²) in [5.74, 6) is 1.23. The van der Waals surface area contributed by atoms with Crippen molar-refractivity contribution in [2.45, 2.75) is 50.7 Å². The van der Waals surface area contributed by atoms with Gasteiger partial charge in [0.05, 0.1) is 13.7 Å². The van der Waals surface area contributed by atoms with E-state index in [0.717, 1.165) is 12.8 Å². The SMILES string of the molecule is CCOc1ccc(C(=O)NC2CC3CCC(C2)N3)cc1OC. The van der Waals surface area contributed by atoms with Gasteiger partial charge in [0.25, 0.3) is 5.91 Å². The van der Waals surface area contributed by atoms with Crippen molar-refractivity contribution in [2.75, 3.05) is 13.7 Å². The van der Waals surface area contributed by atoms with Crippen LogP contribution in [0.15, 0.2) is 18.2 Å². The number of piperidine rings is 1. The van der Waals surface area contributed by atoms with Gasteiger partial charge in [-0.3, -0.25) is 4.79 Å². The van der Waals surface area contributed by atoms with Crippen molar-refractivity contribution in [1.29, 1.82) is 0 Å². The molecule has 0 aliphatic carbocycles. The van der Waals surface area contributed by atoms with Crippen LogP contribution < -0.4 is 20.1 Å². The molecule has 5 heteroatoms. The first kappa shape index (κ1) is 15.2. The molecule has 2 bridgehead atoms. The van der Waals surface area contributed by atoms with Gasteiger partial charge in [0.15, 0.2) is 11.5 Å². The zero-order chi connectivity index (χ0) is 15.5. The van der Waals surface area contributed by atoms with Crippen molar-refractivity contribution in [2.24, 2.45) is 0 Å². The predicted octanol–water partition coefficient (Wildman–Crippen LogP) is 2.11. The molecule has 5 nitrogen and oxygen atoms in total. The van der Waals surface area contributed by atoms with E-state index < -0.39 is 0 Å². The summed E-state index contributed by atoms with van der Waals surface area (Å²) < 4.78 is 10.8. The number of hydrogen-bond donors (Lipinski definition) is 2. The van der Waals surface area contributed by atoms with Crippen molar-refractivity contribution in [3.8, 4) is 11.5 Å². The normalized spacial score (nSPS) is 26.5. The molecule has 2 heterocycles. The number of ether oxygens (including phenoxy) is 2. The highest BCUT2D eigenvalue weighted by Gasteiger charge is 2.34. The second-order valence-corrected chi connectivity index (χ2v) is 6.08. The third-order valence-electron chi connectivity index (χ3n) is 4.53. The second kappa shape index (κ2) is 6.57. The van der Waals surface area contributed by atoms with Crippen molar-refractivity contribution in [3.63, 3.8) is 0 Å². The Hall–Kier alpha value is -1.75. The number of fused-ring (bicyclic) bond motifs is 2. The fraction of sp³-hybridized carbons (Fsp3) is 0.588. The van der Waals surface area contributed by atoms with Gasteiger partial charge in [-0.05, 0) is 50.8 Å². The van der Waals surface area contributed by atoms with Crippen LogP contribution in [0.25, 0.3) is 0 Å². The molecule has 2 aliphatic rings. The Kier molecular flexibility index (Phi) is 4.52. The lowest BCUT2D eigenvalue weighted by Gasteiger charge is -2.29. The van der Waals surface area contributed by atoms with Gasteiger partial charge in [0.1, 0.15) is 0 Å². The van der Waals surface area contributed by atoms with E-state index >= 15 is 0 Å². The fourth-order valence-corrected chi connectivity index (χ4v) is 3.53. The van der Waals surface area contributed by atoms with Crippen LogP contribution in [0.1, 0.15) is 43.0 Å². The van der Waals surface area contributed by atoms with Gasteiger partial charge in [-0.2, -0.15) is 0 Å². The van der Waals surface area contributed by atoms with E-state index in [4.69, 9.17) is 9.47 Å². The van der Waals surface area contributed by atoms with Crippen molar-refractivity contribution in [3.05, 3.63) is 23.8 Å². The maximum atomic E-state index is 12.5. The third-order valence-corrected chi connectivity index (χ3v) is 4.53. The van der Waals surface area contributed by atoms with E-state index in [-0.39, 0.29) is 11.9 Å². The fourth-order valence-electron chi connectivity index (χ4n) is 3.53. The molecule has 3 rings (SSSR count). The highest BCUT2D eigenvalue weighted by atomic mass is 16.5. The van der Waals surface area contributed by atoms with Crippen molar-refractivity contribution < 1.29 is 14.3 Å². The van der Waals surface area contributed by atoms with Gasteiger partial charge in [-0.25, -0.2) is 0 Å². The number of carbonyl (C=O) groups excluding carboxylic acids is 1. The quantitative estimate of drug-likeness (QED) is 0.874. The monoisotopic (exact) mass is 304 g/mol. The molecule has 2 N–H and O–H groups in total. The van der Waals surface area contributed by atoms with E-state index in [1.807, 2.05) is 6.92 Å². The molecule has 1 amide bonds. The summed E-state index contributed by atoms with van der Waals surface area (Å²) in [4.78, 5) is 12.5. The minimum absolute atomic E-state index is 0.0346. The zero-order valence-corrected chi connectivity index (χ0v) is 13.2. The van der Waals surface area contributed by atoms with E-state index in [1.54, 1.807) is 25.3 Å². The lowest BCUT2D eigenvalue weighted by molar-refractivity contribution is 0.0923. The van der Waals surface area contributed by atoms with Crippen LogP contribution in [0.3, 0.4) is 0 Å². The molecule has 0 saturated carbocycles. The molecule has 0 spiro atoms. The van der Waals surface area contributed by atoms with Crippen LogP contribution in [-0.4, -0.2) is 37.7 Å². The molecule has 2 fully saturated rings. The van der Waals surface area contributed by atoms with Gasteiger partial charge in [-0.1, -0.05) is 0 Å². The van der Waals surface area contributed by atoms with Gasteiger partial charge >= 0.3 is 0 Å². The zero-order valence-electron chi connectivity index (χ0n) is 13.2. The molecule has 2 aliphatic heterocycles. The van der Waals surface area contributed by atoms with E-state index in [1.165, 1.54) is 12.8 Å². The Labute approximate surface area is 131 Å². The van der Waals surface area contributed by atoms with Crippen LogP contribution in [0.2, 0.25) is 0 Å². The van der Waals surface area contributed by atoms with Crippen LogP contribution in [0.4, 0.5) is 0 Å². The molecule has 2 saturated heterocycles. The summed E-state index contributed by atoms with van der Waals surface area (Å²) in [5, 5.41) is 6.75. The number of hydrogen-bond acceptors (Lipinski definition) is 4. The minimum atomic E-state index is -0.0346. The van der Waals surface area contributed by atoms with E-state index in [2.05, 4.69) is 10.6 Å². The molecule has 0 radical (unpaired) electrons. The standard InChI is InChI=1S/C17H24N2O3/c1-3-22-15-7-4-11(8-16(15)21-2)17(20)19-14-9-12-5-6-13(10-14)18-12/h4,7-8,12-14,18H,3,5-6,9-10H2,1-2H3,(H,19,20). The summed E-state index contributed by atoms with van der Waals surface area (Å²) in [6, 6.07) is 6.74. The number of nitrogens with one attached hydrogen (secondary N) is 2. The second-order valence-electron chi connectivity index (χ2n) is 6.08. The molecule has 2 atom stereocenters. The highest BCUT2D eigenvalue weighted by molar-refractivity contribution is 5.95.